The Labute approximate surface area is 98.8 Å². The second-order valence-electron chi connectivity index (χ2n) is 5.11. The Hall–Kier alpha value is -0.980. The third-order valence-corrected chi connectivity index (χ3v) is 3.59. The van der Waals surface area contributed by atoms with Crippen LogP contribution in [-0.2, 0) is 6.42 Å². The van der Waals surface area contributed by atoms with Gasteiger partial charge in [-0.05, 0) is 54.4 Å². The second-order valence-corrected chi connectivity index (χ2v) is 5.11. The predicted molar refractivity (Wildman–Crippen MR) is 68.4 cm³/mol. The molecule has 0 N–H and O–H groups in total. The zero-order valence-corrected chi connectivity index (χ0v) is 10.8. The molecule has 1 unspecified atom stereocenters. The molecule has 1 heteroatoms. The Morgan fingerprint density at radius 1 is 1.38 bits per heavy atom. The standard InChI is InChI=1S/C15H22O/c1-5-16-15-9-12(10(2)3)8-14-11(4)6-7-13(14)15/h8-11H,5-7H2,1-4H3. The van der Waals surface area contributed by atoms with Gasteiger partial charge in [-0.25, -0.2) is 0 Å². The summed E-state index contributed by atoms with van der Waals surface area (Å²) in [6.07, 6.45) is 2.46. The molecular formula is C15H22O. The zero-order chi connectivity index (χ0) is 11.7. The van der Waals surface area contributed by atoms with Crippen molar-refractivity contribution in [2.24, 2.45) is 0 Å². The van der Waals surface area contributed by atoms with Crippen molar-refractivity contribution in [3.05, 3.63) is 28.8 Å². The molecule has 1 aliphatic carbocycles. The summed E-state index contributed by atoms with van der Waals surface area (Å²) in [7, 11) is 0. The molecule has 0 saturated carbocycles. The molecule has 88 valence electrons. The second kappa shape index (κ2) is 4.48. The Kier molecular flexibility index (Phi) is 3.22. The maximum atomic E-state index is 5.79. The van der Waals surface area contributed by atoms with Gasteiger partial charge in [-0.15, -0.1) is 0 Å². The van der Waals surface area contributed by atoms with Crippen LogP contribution in [0.2, 0.25) is 0 Å². The van der Waals surface area contributed by atoms with Gasteiger partial charge in [-0.1, -0.05) is 26.8 Å². The first-order valence-electron chi connectivity index (χ1n) is 6.43. The Morgan fingerprint density at radius 2 is 2.12 bits per heavy atom. The highest BCUT2D eigenvalue weighted by molar-refractivity contribution is 5.48. The van der Waals surface area contributed by atoms with Gasteiger partial charge in [0.25, 0.3) is 0 Å². The van der Waals surface area contributed by atoms with E-state index in [-0.39, 0.29) is 0 Å². The number of hydrogen-bond acceptors (Lipinski definition) is 1. The van der Waals surface area contributed by atoms with E-state index in [1.165, 1.54) is 29.5 Å². The van der Waals surface area contributed by atoms with Gasteiger partial charge in [0.15, 0.2) is 0 Å². The molecule has 2 rings (SSSR count). The molecule has 1 aliphatic rings. The third kappa shape index (κ3) is 1.95. The largest absolute Gasteiger partial charge is 0.494 e. The summed E-state index contributed by atoms with van der Waals surface area (Å²) in [5, 5.41) is 0. The Bertz CT molecular complexity index is 379. The smallest absolute Gasteiger partial charge is 0.123 e. The van der Waals surface area contributed by atoms with Crippen molar-refractivity contribution < 1.29 is 4.74 Å². The van der Waals surface area contributed by atoms with Crippen molar-refractivity contribution in [2.45, 2.75) is 52.4 Å². The number of benzene rings is 1. The number of fused-ring (bicyclic) bond motifs is 1. The molecule has 1 aromatic rings. The van der Waals surface area contributed by atoms with Crippen molar-refractivity contribution in [3.8, 4) is 5.75 Å². The molecule has 0 heterocycles. The van der Waals surface area contributed by atoms with E-state index in [2.05, 4.69) is 39.8 Å². The summed E-state index contributed by atoms with van der Waals surface area (Å²) in [5.74, 6) is 2.42. The van der Waals surface area contributed by atoms with E-state index in [1.54, 1.807) is 0 Å². The average molecular weight is 218 g/mol. The van der Waals surface area contributed by atoms with Gasteiger partial charge in [0.1, 0.15) is 5.75 Å². The van der Waals surface area contributed by atoms with Crippen molar-refractivity contribution in [3.63, 3.8) is 0 Å². The highest BCUT2D eigenvalue weighted by Gasteiger charge is 2.23. The molecule has 0 saturated heterocycles. The maximum absolute atomic E-state index is 5.79. The van der Waals surface area contributed by atoms with Gasteiger partial charge < -0.3 is 4.74 Å². The molecule has 0 amide bonds. The first-order chi connectivity index (χ1) is 7.63. The summed E-state index contributed by atoms with van der Waals surface area (Å²) in [6.45, 7) is 9.65. The number of rotatable bonds is 3. The topological polar surface area (TPSA) is 9.23 Å². The van der Waals surface area contributed by atoms with Crippen LogP contribution < -0.4 is 4.74 Å². The number of hydrogen-bond donors (Lipinski definition) is 0. The van der Waals surface area contributed by atoms with Crippen LogP contribution in [0.5, 0.6) is 5.75 Å². The highest BCUT2D eigenvalue weighted by atomic mass is 16.5. The molecule has 0 spiro atoms. The molecule has 1 aromatic carbocycles. The third-order valence-electron chi connectivity index (χ3n) is 3.59. The molecule has 1 atom stereocenters. The van der Waals surface area contributed by atoms with Crippen LogP contribution in [0.15, 0.2) is 12.1 Å². The van der Waals surface area contributed by atoms with Crippen LogP contribution in [0.1, 0.15) is 62.6 Å². The van der Waals surface area contributed by atoms with E-state index >= 15 is 0 Å². The van der Waals surface area contributed by atoms with Crippen LogP contribution >= 0.6 is 0 Å². The van der Waals surface area contributed by atoms with E-state index in [0.29, 0.717) is 11.8 Å². The SMILES string of the molecule is CCOc1cc(C(C)C)cc2c1CCC2C. The van der Waals surface area contributed by atoms with Crippen molar-refractivity contribution in [1.29, 1.82) is 0 Å². The Balaban J connectivity index is 2.48. The normalized spacial score (nSPS) is 18.9. The minimum atomic E-state index is 0.581. The lowest BCUT2D eigenvalue weighted by atomic mass is 9.95. The molecule has 16 heavy (non-hydrogen) atoms. The van der Waals surface area contributed by atoms with E-state index in [0.717, 1.165) is 12.4 Å². The summed E-state index contributed by atoms with van der Waals surface area (Å²) < 4.78 is 5.79. The molecule has 0 aromatic heterocycles. The van der Waals surface area contributed by atoms with Gasteiger partial charge in [-0.3, -0.25) is 0 Å². The van der Waals surface area contributed by atoms with Crippen LogP contribution in [0.3, 0.4) is 0 Å². The number of ether oxygens (including phenoxy) is 1. The molecule has 0 aliphatic heterocycles. The maximum Gasteiger partial charge on any atom is 0.123 e. The van der Waals surface area contributed by atoms with Crippen LogP contribution in [0, 0.1) is 0 Å². The molecule has 0 fully saturated rings. The van der Waals surface area contributed by atoms with Gasteiger partial charge in [0, 0.05) is 0 Å². The lowest BCUT2D eigenvalue weighted by molar-refractivity contribution is 0.336. The summed E-state index contributed by atoms with van der Waals surface area (Å²) in [4.78, 5) is 0. The predicted octanol–water partition coefficient (Wildman–Crippen LogP) is 4.26. The first kappa shape index (κ1) is 11.5. The molecule has 0 bridgehead atoms. The fraction of sp³-hybridized carbons (Fsp3) is 0.600. The van der Waals surface area contributed by atoms with E-state index < -0.39 is 0 Å². The Morgan fingerprint density at radius 3 is 2.75 bits per heavy atom. The van der Waals surface area contributed by atoms with Gasteiger partial charge in [0.05, 0.1) is 6.61 Å². The van der Waals surface area contributed by atoms with Crippen molar-refractivity contribution in [2.75, 3.05) is 6.61 Å². The summed E-state index contributed by atoms with van der Waals surface area (Å²) >= 11 is 0. The monoisotopic (exact) mass is 218 g/mol. The summed E-state index contributed by atoms with van der Waals surface area (Å²) in [6, 6.07) is 4.63. The zero-order valence-electron chi connectivity index (χ0n) is 10.8. The average Bonchev–Trinajstić information content (AvgIpc) is 2.61. The van der Waals surface area contributed by atoms with Gasteiger partial charge in [-0.2, -0.15) is 0 Å². The highest BCUT2D eigenvalue weighted by Crippen LogP contribution is 2.40. The summed E-state index contributed by atoms with van der Waals surface area (Å²) in [5.41, 5.74) is 4.39. The van der Waals surface area contributed by atoms with Crippen molar-refractivity contribution >= 4 is 0 Å². The van der Waals surface area contributed by atoms with Crippen molar-refractivity contribution in [1.82, 2.24) is 0 Å². The minimum Gasteiger partial charge on any atom is -0.494 e. The lowest BCUT2D eigenvalue weighted by Gasteiger charge is -2.15. The quantitative estimate of drug-likeness (QED) is 0.736. The first-order valence-corrected chi connectivity index (χ1v) is 6.43. The molecular weight excluding hydrogens is 196 g/mol. The molecule has 1 nitrogen and oxygen atoms in total. The van der Waals surface area contributed by atoms with Gasteiger partial charge in [0.2, 0.25) is 0 Å². The molecule has 0 radical (unpaired) electrons. The van der Waals surface area contributed by atoms with Crippen LogP contribution in [-0.4, -0.2) is 6.61 Å². The lowest BCUT2D eigenvalue weighted by Crippen LogP contribution is -2.00. The van der Waals surface area contributed by atoms with E-state index in [9.17, 15) is 0 Å². The van der Waals surface area contributed by atoms with E-state index in [1.807, 2.05) is 0 Å². The fourth-order valence-electron chi connectivity index (χ4n) is 2.53. The minimum absolute atomic E-state index is 0.581. The van der Waals surface area contributed by atoms with Gasteiger partial charge >= 0.3 is 0 Å². The van der Waals surface area contributed by atoms with Crippen LogP contribution in [0.25, 0.3) is 0 Å². The van der Waals surface area contributed by atoms with E-state index in [4.69, 9.17) is 4.74 Å². The van der Waals surface area contributed by atoms with Crippen LogP contribution in [0.4, 0.5) is 0 Å². The fourth-order valence-corrected chi connectivity index (χ4v) is 2.53.